The molecule has 138 valence electrons. The van der Waals surface area contributed by atoms with Crippen molar-refractivity contribution < 1.29 is 4.79 Å². The van der Waals surface area contributed by atoms with E-state index in [1.807, 2.05) is 36.4 Å². The molecule has 1 unspecified atom stereocenters. The zero-order chi connectivity index (χ0) is 19.2. The lowest BCUT2D eigenvalue weighted by molar-refractivity contribution is -0.118. The first-order valence-electron chi connectivity index (χ1n) is 9.09. The molecule has 1 N–H and O–H groups in total. The molecule has 0 amide bonds. The van der Waals surface area contributed by atoms with Crippen molar-refractivity contribution in [2.24, 2.45) is 5.41 Å². The smallest absolute Gasteiger partial charge is 0.162 e. The summed E-state index contributed by atoms with van der Waals surface area (Å²) in [6, 6.07) is 16.1. The number of rotatable bonds is 2. The van der Waals surface area contributed by atoms with E-state index in [4.69, 9.17) is 11.6 Å². The lowest BCUT2D eigenvalue weighted by Crippen LogP contribution is -2.35. The summed E-state index contributed by atoms with van der Waals surface area (Å²) in [4.78, 5) is 13.0. The fourth-order valence-corrected chi connectivity index (χ4v) is 4.38. The number of benzene rings is 2. The van der Waals surface area contributed by atoms with Crippen LogP contribution < -0.4 is 5.32 Å². The van der Waals surface area contributed by atoms with Crippen molar-refractivity contribution in [3.63, 3.8) is 0 Å². The minimum absolute atomic E-state index is 0.0321. The van der Waals surface area contributed by atoms with Crippen LogP contribution in [0.15, 0.2) is 70.3 Å². The molecule has 0 saturated carbocycles. The Kier molecular flexibility index (Phi) is 4.77. The molecule has 1 aliphatic heterocycles. The van der Waals surface area contributed by atoms with Crippen LogP contribution in [0, 0.1) is 5.41 Å². The molecule has 2 nitrogen and oxygen atoms in total. The van der Waals surface area contributed by atoms with Gasteiger partial charge in [0.25, 0.3) is 0 Å². The van der Waals surface area contributed by atoms with Gasteiger partial charge in [-0.15, -0.1) is 0 Å². The number of carbonyl (C=O) groups is 1. The van der Waals surface area contributed by atoms with Crippen LogP contribution in [0.3, 0.4) is 0 Å². The first kappa shape index (κ1) is 18.5. The van der Waals surface area contributed by atoms with Gasteiger partial charge in [0, 0.05) is 38.8 Å². The van der Waals surface area contributed by atoms with Crippen LogP contribution in [0.1, 0.15) is 43.7 Å². The summed E-state index contributed by atoms with van der Waals surface area (Å²) < 4.78 is 1.03. The molecular formula is C23H21BrClNO. The zero-order valence-electron chi connectivity index (χ0n) is 15.4. The monoisotopic (exact) mass is 441 g/mol. The van der Waals surface area contributed by atoms with Gasteiger partial charge in [-0.2, -0.15) is 0 Å². The van der Waals surface area contributed by atoms with E-state index < -0.39 is 0 Å². The molecule has 4 heteroatoms. The molecule has 2 aliphatic rings. The molecule has 0 radical (unpaired) electrons. The molecule has 4 rings (SSSR count). The average Bonchev–Trinajstić information content (AvgIpc) is 2.61. The van der Waals surface area contributed by atoms with Gasteiger partial charge >= 0.3 is 0 Å². The van der Waals surface area contributed by atoms with Crippen molar-refractivity contribution in [1.29, 1.82) is 0 Å². The van der Waals surface area contributed by atoms with Gasteiger partial charge < -0.3 is 5.32 Å². The Bertz CT molecular complexity index is 955. The number of carbonyl (C=O) groups excluding carboxylic acids is 1. The van der Waals surface area contributed by atoms with E-state index in [1.54, 1.807) is 0 Å². The third-order valence-corrected chi connectivity index (χ3v) is 6.01. The van der Waals surface area contributed by atoms with Crippen molar-refractivity contribution in [2.45, 2.75) is 32.6 Å². The predicted molar refractivity (Wildman–Crippen MR) is 114 cm³/mol. The minimum atomic E-state index is -0.0383. The van der Waals surface area contributed by atoms with Gasteiger partial charge in [-0.25, -0.2) is 0 Å². The van der Waals surface area contributed by atoms with E-state index in [9.17, 15) is 4.79 Å². The standard InChI is InChI=1S/C23H21BrClNO/c1-23(2)12-20-22(21(27)13-23)18(14-3-7-16(24)8-4-14)11-19(26-20)15-5-9-17(25)10-6-15/h3-11,18,26H,12-13H2,1-2H3. The van der Waals surface area contributed by atoms with Crippen LogP contribution in [-0.4, -0.2) is 5.78 Å². The third kappa shape index (κ3) is 3.76. The summed E-state index contributed by atoms with van der Waals surface area (Å²) in [6.45, 7) is 4.32. The van der Waals surface area contributed by atoms with Crippen LogP contribution in [0.5, 0.6) is 0 Å². The maximum Gasteiger partial charge on any atom is 0.162 e. The fraction of sp³-hybridized carbons (Fsp3) is 0.261. The topological polar surface area (TPSA) is 29.1 Å². The Balaban J connectivity index is 1.83. The largest absolute Gasteiger partial charge is 0.358 e. The first-order valence-corrected chi connectivity index (χ1v) is 10.3. The van der Waals surface area contributed by atoms with Crippen LogP contribution >= 0.6 is 27.5 Å². The van der Waals surface area contributed by atoms with E-state index >= 15 is 0 Å². The molecule has 0 fully saturated rings. The zero-order valence-corrected chi connectivity index (χ0v) is 17.7. The fourth-order valence-electron chi connectivity index (χ4n) is 3.99. The van der Waals surface area contributed by atoms with Gasteiger partial charge in [0.2, 0.25) is 0 Å². The highest BCUT2D eigenvalue weighted by Gasteiger charge is 2.38. The predicted octanol–water partition coefficient (Wildman–Crippen LogP) is 6.47. The summed E-state index contributed by atoms with van der Waals surface area (Å²) in [5, 5.41) is 4.27. The summed E-state index contributed by atoms with van der Waals surface area (Å²) in [7, 11) is 0. The molecule has 0 aromatic heterocycles. The quantitative estimate of drug-likeness (QED) is 0.577. The summed E-state index contributed by atoms with van der Waals surface area (Å²) >= 11 is 9.56. The Morgan fingerprint density at radius 2 is 1.70 bits per heavy atom. The molecule has 2 aromatic rings. The molecule has 2 aromatic carbocycles. The lowest BCUT2D eigenvalue weighted by atomic mass is 9.70. The highest BCUT2D eigenvalue weighted by molar-refractivity contribution is 9.10. The van der Waals surface area contributed by atoms with E-state index in [0.29, 0.717) is 11.4 Å². The summed E-state index contributed by atoms with van der Waals surface area (Å²) in [5.41, 5.74) is 5.17. The van der Waals surface area contributed by atoms with Crippen LogP contribution in [-0.2, 0) is 4.79 Å². The van der Waals surface area contributed by atoms with Crippen molar-refractivity contribution in [2.75, 3.05) is 0 Å². The average molecular weight is 443 g/mol. The van der Waals surface area contributed by atoms with Crippen molar-refractivity contribution in [3.8, 4) is 0 Å². The van der Waals surface area contributed by atoms with Gasteiger partial charge in [-0.3, -0.25) is 4.79 Å². The number of hydrogen-bond donors (Lipinski definition) is 1. The van der Waals surface area contributed by atoms with E-state index in [1.165, 1.54) is 0 Å². The Morgan fingerprint density at radius 3 is 2.37 bits per heavy atom. The molecule has 27 heavy (non-hydrogen) atoms. The minimum Gasteiger partial charge on any atom is -0.358 e. The van der Waals surface area contributed by atoms with Crippen molar-refractivity contribution in [1.82, 2.24) is 5.32 Å². The normalized spacial score (nSPS) is 21.4. The van der Waals surface area contributed by atoms with Gasteiger partial charge in [0.1, 0.15) is 0 Å². The number of hydrogen-bond acceptors (Lipinski definition) is 2. The molecule has 0 spiro atoms. The summed E-state index contributed by atoms with van der Waals surface area (Å²) in [6.07, 6.45) is 3.62. The highest BCUT2D eigenvalue weighted by atomic mass is 79.9. The van der Waals surface area contributed by atoms with Crippen LogP contribution in [0.25, 0.3) is 5.70 Å². The Hall–Kier alpha value is -1.84. The van der Waals surface area contributed by atoms with Gasteiger partial charge in [0.05, 0.1) is 0 Å². The van der Waals surface area contributed by atoms with E-state index in [-0.39, 0.29) is 17.1 Å². The molecule has 1 atom stereocenters. The molecular weight excluding hydrogens is 422 g/mol. The van der Waals surface area contributed by atoms with Gasteiger partial charge in [-0.1, -0.05) is 65.6 Å². The lowest BCUT2D eigenvalue weighted by Gasteiger charge is -2.38. The summed E-state index contributed by atoms with van der Waals surface area (Å²) in [5.74, 6) is 0.205. The second-order valence-corrected chi connectivity index (χ2v) is 9.43. The number of nitrogens with one attached hydrogen (secondary N) is 1. The van der Waals surface area contributed by atoms with E-state index in [0.717, 1.165) is 39.0 Å². The number of halogens is 2. The molecule has 0 bridgehead atoms. The third-order valence-electron chi connectivity index (χ3n) is 5.23. The van der Waals surface area contributed by atoms with Crippen molar-refractivity contribution >= 4 is 39.0 Å². The maximum atomic E-state index is 13.0. The van der Waals surface area contributed by atoms with Gasteiger partial charge in [0.15, 0.2) is 5.78 Å². The second-order valence-electron chi connectivity index (χ2n) is 8.07. The van der Waals surface area contributed by atoms with E-state index in [2.05, 4.69) is 53.3 Å². The van der Waals surface area contributed by atoms with Crippen LogP contribution in [0.2, 0.25) is 5.02 Å². The Labute approximate surface area is 173 Å². The van der Waals surface area contributed by atoms with Crippen molar-refractivity contribution in [3.05, 3.63) is 86.5 Å². The van der Waals surface area contributed by atoms with Crippen LogP contribution in [0.4, 0.5) is 0 Å². The molecule has 1 aliphatic carbocycles. The number of Topliss-reactive ketones (excluding diaryl/α,β-unsaturated/α-hetero) is 1. The molecule has 0 saturated heterocycles. The number of dihydropyridines is 1. The Morgan fingerprint density at radius 1 is 1.04 bits per heavy atom. The number of allylic oxidation sites excluding steroid dienone is 3. The second kappa shape index (κ2) is 6.96. The SMILES string of the molecule is CC1(C)CC(=O)C2=C(C1)NC(c1ccc(Cl)cc1)=CC2c1ccc(Br)cc1. The number of ketones is 1. The maximum absolute atomic E-state index is 13.0. The van der Waals surface area contributed by atoms with Gasteiger partial charge in [-0.05, 0) is 53.3 Å². The highest BCUT2D eigenvalue weighted by Crippen LogP contribution is 2.45. The first-order chi connectivity index (χ1) is 12.8. The molecule has 1 heterocycles.